The van der Waals surface area contributed by atoms with Crippen LogP contribution in [0.5, 0.6) is 0 Å². The van der Waals surface area contributed by atoms with Crippen LogP contribution >= 0.6 is 23.1 Å². The molecule has 6 heteroatoms. The van der Waals surface area contributed by atoms with E-state index < -0.39 is 0 Å². The van der Waals surface area contributed by atoms with Crippen molar-refractivity contribution >= 4 is 115 Å². The molecule has 0 bridgehead atoms. The van der Waals surface area contributed by atoms with Gasteiger partial charge in [0.15, 0.2) is 0 Å². The maximum Gasteiger partial charge on any atom is 0.246 e. The number of rotatable bonds is 3. The van der Waals surface area contributed by atoms with E-state index in [4.69, 9.17) is 14.4 Å². The predicted molar refractivity (Wildman–Crippen MR) is 258 cm³/mol. The number of para-hydroxylation sites is 2. The second kappa shape index (κ2) is 12.8. The van der Waals surface area contributed by atoms with E-state index >= 15 is 0 Å². The Bertz CT molecular complexity index is 3790. The predicted octanol–water partition coefficient (Wildman–Crippen LogP) is 15.5. The third kappa shape index (κ3) is 4.89. The molecule has 4 atom stereocenters. The van der Waals surface area contributed by atoms with Crippen molar-refractivity contribution in [3.8, 4) is 0 Å². The molecule has 5 heterocycles. The lowest BCUT2D eigenvalue weighted by Gasteiger charge is -2.30. The molecular weight excluding hydrogens is 783 g/mol. The molecule has 4 aliphatic rings. The molecule has 290 valence electrons. The van der Waals surface area contributed by atoms with Crippen molar-refractivity contribution < 1.29 is 4.42 Å². The molecule has 6 aromatic carbocycles. The Morgan fingerprint density at radius 1 is 0.721 bits per heavy atom. The van der Waals surface area contributed by atoms with E-state index in [1.165, 1.54) is 84.6 Å². The molecule has 0 radical (unpaired) electrons. The van der Waals surface area contributed by atoms with Gasteiger partial charge >= 0.3 is 0 Å². The zero-order valence-corrected chi connectivity index (χ0v) is 34.9. The van der Waals surface area contributed by atoms with Crippen molar-refractivity contribution in [2.75, 3.05) is 0 Å². The fourth-order valence-electron chi connectivity index (χ4n) is 10.9. The van der Waals surface area contributed by atoms with Crippen LogP contribution in [0.1, 0.15) is 43.0 Å². The molecule has 4 unspecified atom stereocenters. The Labute approximate surface area is 359 Å². The largest absolute Gasteiger partial charge is 0.436 e. The van der Waals surface area contributed by atoms with Crippen LogP contribution in [-0.4, -0.2) is 14.5 Å². The van der Waals surface area contributed by atoms with E-state index in [1.807, 2.05) is 35.2 Å². The lowest BCUT2D eigenvalue weighted by molar-refractivity contribution is 0.606. The fourth-order valence-corrected chi connectivity index (χ4v) is 13.5. The number of hydrogen-bond donors (Lipinski definition) is 0. The molecule has 14 rings (SSSR count). The first-order valence-corrected chi connectivity index (χ1v) is 23.0. The summed E-state index contributed by atoms with van der Waals surface area (Å²) in [7, 11) is 0. The number of allylic oxidation sites excluding steroid dienone is 11. The van der Waals surface area contributed by atoms with Gasteiger partial charge in [-0.3, -0.25) is 0 Å². The van der Waals surface area contributed by atoms with E-state index in [1.54, 1.807) is 0 Å². The average Bonchev–Trinajstić information content (AvgIpc) is 4.06. The normalized spacial score (nSPS) is 21.3. The number of nitrogens with zero attached hydrogens (tertiary/aromatic N) is 3. The van der Waals surface area contributed by atoms with Gasteiger partial charge in [0.2, 0.25) is 5.71 Å². The van der Waals surface area contributed by atoms with Crippen LogP contribution in [0.25, 0.3) is 91.4 Å². The van der Waals surface area contributed by atoms with Crippen LogP contribution in [0.3, 0.4) is 0 Å². The minimum atomic E-state index is -0.0651. The quantitative estimate of drug-likeness (QED) is 0.178. The minimum absolute atomic E-state index is 0.0651. The third-order valence-electron chi connectivity index (χ3n) is 13.6. The van der Waals surface area contributed by atoms with E-state index in [-0.39, 0.29) is 17.8 Å². The Morgan fingerprint density at radius 3 is 2.34 bits per heavy atom. The molecule has 0 saturated carbocycles. The first-order chi connectivity index (χ1) is 30.1. The van der Waals surface area contributed by atoms with E-state index in [2.05, 4.69) is 157 Å². The molecule has 10 aromatic rings. The maximum absolute atomic E-state index is 6.45. The SMILES string of the molecule is CC1C=C2C(=CC1)SC1=CC(n3c4ccccc4c4c5ccccc5c5c6cc7ccccc7cc6sc5c43)=CC(c3nc4c(nc3C3C=CC=CC3)oc3ccccc34)C12. The zero-order chi connectivity index (χ0) is 39.9. The van der Waals surface area contributed by atoms with E-state index in [0.717, 1.165) is 40.7 Å². The smallest absolute Gasteiger partial charge is 0.246 e. The summed E-state index contributed by atoms with van der Waals surface area (Å²) in [6.07, 6.45) is 20.9. The number of fused-ring (bicyclic) bond motifs is 17. The topological polar surface area (TPSA) is 43.9 Å². The number of furan rings is 1. The van der Waals surface area contributed by atoms with Crippen molar-refractivity contribution in [3.63, 3.8) is 0 Å². The van der Waals surface area contributed by atoms with Crippen molar-refractivity contribution in [1.29, 1.82) is 0 Å². The summed E-state index contributed by atoms with van der Waals surface area (Å²) >= 11 is 3.89. The summed E-state index contributed by atoms with van der Waals surface area (Å²) in [6.45, 7) is 2.35. The highest BCUT2D eigenvalue weighted by molar-refractivity contribution is 8.07. The molecule has 1 fully saturated rings. The van der Waals surface area contributed by atoms with Gasteiger partial charge in [0.1, 0.15) is 11.1 Å². The first-order valence-electron chi connectivity index (χ1n) is 21.4. The number of thioether (sulfide) groups is 1. The van der Waals surface area contributed by atoms with Crippen LogP contribution in [0.4, 0.5) is 0 Å². The number of hydrogen-bond acceptors (Lipinski definition) is 5. The van der Waals surface area contributed by atoms with Gasteiger partial charge in [-0.05, 0) is 82.3 Å². The molecule has 1 aliphatic heterocycles. The summed E-state index contributed by atoms with van der Waals surface area (Å²) < 4.78 is 11.7. The molecule has 3 aliphatic carbocycles. The zero-order valence-electron chi connectivity index (χ0n) is 33.3. The van der Waals surface area contributed by atoms with E-state index in [0.29, 0.717) is 11.6 Å². The highest BCUT2D eigenvalue weighted by Crippen LogP contribution is 2.60. The van der Waals surface area contributed by atoms with Gasteiger partial charge in [-0.15, -0.1) is 11.3 Å². The molecule has 0 amide bonds. The highest BCUT2D eigenvalue weighted by Gasteiger charge is 2.43. The van der Waals surface area contributed by atoms with Crippen LogP contribution in [0, 0.1) is 11.8 Å². The lowest BCUT2D eigenvalue weighted by atomic mass is 9.75. The van der Waals surface area contributed by atoms with Crippen LogP contribution in [-0.2, 0) is 0 Å². The Balaban J connectivity index is 1.11. The third-order valence-corrected chi connectivity index (χ3v) is 16.0. The van der Waals surface area contributed by atoms with Crippen molar-refractivity contribution in [2.45, 2.75) is 31.6 Å². The molecule has 4 aromatic heterocycles. The van der Waals surface area contributed by atoms with E-state index in [9.17, 15) is 0 Å². The molecular formula is C55H37N3OS2. The maximum atomic E-state index is 6.45. The molecule has 1 saturated heterocycles. The minimum Gasteiger partial charge on any atom is -0.436 e. The van der Waals surface area contributed by atoms with Crippen molar-refractivity contribution in [3.05, 3.63) is 185 Å². The van der Waals surface area contributed by atoms with Gasteiger partial charge in [-0.2, -0.15) is 0 Å². The van der Waals surface area contributed by atoms with Gasteiger partial charge in [-0.1, -0.05) is 140 Å². The van der Waals surface area contributed by atoms with Crippen molar-refractivity contribution in [2.24, 2.45) is 11.8 Å². The molecule has 0 spiro atoms. The van der Waals surface area contributed by atoms with Gasteiger partial charge < -0.3 is 8.98 Å². The Kier molecular flexibility index (Phi) is 7.18. The van der Waals surface area contributed by atoms with Crippen LogP contribution < -0.4 is 0 Å². The summed E-state index contributed by atoms with van der Waals surface area (Å²) in [4.78, 5) is 13.9. The van der Waals surface area contributed by atoms with Gasteiger partial charge in [0, 0.05) is 64.9 Å². The van der Waals surface area contributed by atoms with Gasteiger partial charge in [-0.25, -0.2) is 9.97 Å². The summed E-state index contributed by atoms with van der Waals surface area (Å²) in [6, 6.07) is 40.0. The second-order valence-electron chi connectivity index (χ2n) is 17.2. The van der Waals surface area contributed by atoms with Crippen LogP contribution in [0.15, 0.2) is 178 Å². The standard InChI is InChI=1S/C55H37N3OS2/c1-30-23-24-44-39(25-30)47-41(51-50(31-13-3-2-4-14-31)57-55-52(56-51)38-20-10-12-22-43(38)59-55)28-34(29-46(47)60-44)58-42-21-11-9-19-37(42)48-35-17-7-8-18-36(35)49-40-26-32-15-5-6-16-33(32)27-45(40)61-54(49)53(48)58/h2-13,15-22,24-31,41,47H,14,23H2,1H3. The highest BCUT2D eigenvalue weighted by atomic mass is 32.2. The summed E-state index contributed by atoms with van der Waals surface area (Å²) in [5.74, 6) is 0.642. The second-order valence-corrected chi connectivity index (χ2v) is 19.3. The fraction of sp³-hybridized carbons (Fsp3) is 0.127. The van der Waals surface area contributed by atoms with Gasteiger partial charge in [0.25, 0.3) is 0 Å². The number of aromatic nitrogens is 3. The molecule has 61 heavy (non-hydrogen) atoms. The van der Waals surface area contributed by atoms with Gasteiger partial charge in [0.05, 0.1) is 27.1 Å². The lowest BCUT2D eigenvalue weighted by Crippen LogP contribution is -2.21. The summed E-state index contributed by atoms with van der Waals surface area (Å²) in [5, 5.41) is 11.4. The monoisotopic (exact) mass is 819 g/mol. The van der Waals surface area contributed by atoms with Crippen molar-refractivity contribution in [1.82, 2.24) is 14.5 Å². The summed E-state index contributed by atoms with van der Waals surface area (Å²) in [5.41, 5.74) is 9.44. The Hall–Kier alpha value is -6.47. The molecule has 0 N–H and O–H groups in total. The number of thiophene rings is 1. The van der Waals surface area contributed by atoms with Crippen LogP contribution in [0.2, 0.25) is 0 Å². The number of benzene rings is 6. The average molecular weight is 820 g/mol. The Morgan fingerprint density at radius 2 is 1.49 bits per heavy atom. The first kappa shape index (κ1) is 34.3. The molecule has 4 nitrogen and oxygen atoms in total.